The van der Waals surface area contributed by atoms with Crippen molar-refractivity contribution in [1.82, 2.24) is 9.62 Å². The highest BCUT2D eigenvalue weighted by Crippen LogP contribution is 2.32. The third-order valence-electron chi connectivity index (χ3n) is 4.13. The summed E-state index contributed by atoms with van der Waals surface area (Å²) in [6.07, 6.45) is 2.30. The van der Waals surface area contributed by atoms with Gasteiger partial charge in [0.2, 0.25) is 10.0 Å². The molecule has 1 atom stereocenters. The molecular weight excluding hydrogens is 300 g/mol. The zero-order chi connectivity index (χ0) is 16.3. The van der Waals surface area contributed by atoms with Gasteiger partial charge in [0, 0.05) is 24.7 Å². The summed E-state index contributed by atoms with van der Waals surface area (Å²) in [5.74, 6) is 0.350. The first-order chi connectivity index (χ1) is 10.4. The molecule has 1 N–H and O–H groups in total. The predicted molar refractivity (Wildman–Crippen MR) is 86.2 cm³/mol. The standard InChI is InChI=1S/C16H24N2O3S/c1-4-18(5-2)22(20,21)15-8-6-7-14(11-15)16(19)17-12(3)13-9-10-13/h6-8,11-13H,4-5,9-10H2,1-3H3,(H,17,19)/t12-/m1/s1. The molecule has 2 rings (SSSR count). The van der Waals surface area contributed by atoms with Crippen molar-refractivity contribution in [3.05, 3.63) is 29.8 Å². The highest BCUT2D eigenvalue weighted by molar-refractivity contribution is 7.89. The van der Waals surface area contributed by atoms with Crippen LogP contribution in [0, 0.1) is 5.92 Å². The molecule has 0 heterocycles. The van der Waals surface area contributed by atoms with E-state index >= 15 is 0 Å². The lowest BCUT2D eigenvalue weighted by atomic mass is 10.1. The summed E-state index contributed by atoms with van der Waals surface area (Å²) in [5.41, 5.74) is 0.390. The summed E-state index contributed by atoms with van der Waals surface area (Å²) < 4.78 is 26.4. The second-order valence-corrected chi connectivity index (χ2v) is 7.65. The van der Waals surface area contributed by atoms with Crippen LogP contribution in [0.4, 0.5) is 0 Å². The van der Waals surface area contributed by atoms with Crippen LogP contribution in [0.2, 0.25) is 0 Å². The Morgan fingerprint density at radius 1 is 1.32 bits per heavy atom. The Balaban J connectivity index is 2.20. The van der Waals surface area contributed by atoms with Crippen molar-refractivity contribution in [2.24, 2.45) is 5.92 Å². The molecule has 0 spiro atoms. The van der Waals surface area contributed by atoms with Crippen molar-refractivity contribution in [3.8, 4) is 0 Å². The van der Waals surface area contributed by atoms with Gasteiger partial charge >= 0.3 is 0 Å². The van der Waals surface area contributed by atoms with Crippen LogP contribution in [-0.4, -0.2) is 37.8 Å². The minimum Gasteiger partial charge on any atom is -0.349 e. The SMILES string of the molecule is CCN(CC)S(=O)(=O)c1cccc(C(=O)N[C@H](C)C2CC2)c1. The molecule has 5 nitrogen and oxygen atoms in total. The molecule has 1 aromatic rings. The third-order valence-corrected chi connectivity index (χ3v) is 6.17. The highest BCUT2D eigenvalue weighted by atomic mass is 32.2. The maximum Gasteiger partial charge on any atom is 0.251 e. The summed E-state index contributed by atoms with van der Waals surface area (Å²) in [7, 11) is -3.54. The molecule has 0 aromatic heterocycles. The Bertz CT molecular complexity index is 635. The normalized spacial score (nSPS) is 16.5. The third kappa shape index (κ3) is 3.67. The molecule has 6 heteroatoms. The van der Waals surface area contributed by atoms with Crippen molar-refractivity contribution in [2.75, 3.05) is 13.1 Å². The first-order valence-electron chi connectivity index (χ1n) is 7.81. The number of hydrogen-bond acceptors (Lipinski definition) is 3. The van der Waals surface area contributed by atoms with Crippen molar-refractivity contribution in [1.29, 1.82) is 0 Å². The van der Waals surface area contributed by atoms with Gasteiger partial charge in [-0.25, -0.2) is 8.42 Å². The van der Waals surface area contributed by atoms with E-state index in [9.17, 15) is 13.2 Å². The maximum absolute atomic E-state index is 12.5. The van der Waals surface area contributed by atoms with E-state index in [4.69, 9.17) is 0 Å². The number of hydrogen-bond donors (Lipinski definition) is 1. The maximum atomic E-state index is 12.5. The molecule has 22 heavy (non-hydrogen) atoms. The zero-order valence-corrected chi connectivity index (χ0v) is 14.2. The molecule has 1 fully saturated rings. The molecule has 1 aromatic carbocycles. The zero-order valence-electron chi connectivity index (χ0n) is 13.4. The van der Waals surface area contributed by atoms with Gasteiger partial charge in [-0.05, 0) is 43.9 Å². The van der Waals surface area contributed by atoms with E-state index < -0.39 is 10.0 Å². The molecule has 0 bridgehead atoms. The van der Waals surface area contributed by atoms with Gasteiger partial charge in [-0.3, -0.25) is 4.79 Å². The van der Waals surface area contributed by atoms with Gasteiger partial charge < -0.3 is 5.32 Å². The van der Waals surface area contributed by atoms with Gasteiger partial charge in [0.15, 0.2) is 0 Å². The van der Waals surface area contributed by atoms with Crippen LogP contribution in [0.5, 0.6) is 0 Å². The van der Waals surface area contributed by atoms with E-state index in [1.165, 1.54) is 16.4 Å². The Labute approximate surface area is 132 Å². The lowest BCUT2D eigenvalue weighted by molar-refractivity contribution is 0.0935. The molecule has 122 valence electrons. The fraction of sp³-hybridized carbons (Fsp3) is 0.562. The fourth-order valence-electron chi connectivity index (χ4n) is 2.51. The van der Waals surface area contributed by atoms with Crippen LogP contribution >= 0.6 is 0 Å². The van der Waals surface area contributed by atoms with Crippen molar-refractivity contribution >= 4 is 15.9 Å². The van der Waals surface area contributed by atoms with Crippen molar-refractivity contribution in [2.45, 2.75) is 44.6 Å². The van der Waals surface area contributed by atoms with E-state index in [1.54, 1.807) is 26.0 Å². The summed E-state index contributed by atoms with van der Waals surface area (Å²) in [6.45, 7) is 6.41. The molecule has 0 radical (unpaired) electrons. The van der Waals surface area contributed by atoms with Crippen LogP contribution in [0.3, 0.4) is 0 Å². The van der Waals surface area contributed by atoms with Gasteiger partial charge in [0.25, 0.3) is 5.91 Å². The lowest BCUT2D eigenvalue weighted by Gasteiger charge is -2.19. The molecule has 0 aliphatic heterocycles. The fourth-order valence-corrected chi connectivity index (χ4v) is 4.02. The number of sulfonamides is 1. The Kier molecular flexibility index (Phi) is 5.24. The number of nitrogens with zero attached hydrogens (tertiary/aromatic N) is 1. The molecule has 1 aliphatic rings. The second-order valence-electron chi connectivity index (χ2n) is 5.72. The van der Waals surface area contributed by atoms with Gasteiger partial charge in [-0.1, -0.05) is 19.9 Å². The average molecular weight is 324 g/mol. The van der Waals surface area contributed by atoms with Crippen LogP contribution in [-0.2, 0) is 10.0 Å². The number of nitrogens with one attached hydrogen (secondary N) is 1. The highest BCUT2D eigenvalue weighted by Gasteiger charge is 2.29. The summed E-state index contributed by atoms with van der Waals surface area (Å²) in [4.78, 5) is 12.4. The average Bonchev–Trinajstić information content (AvgIpc) is 3.33. The molecule has 1 saturated carbocycles. The van der Waals surface area contributed by atoms with Gasteiger partial charge in [-0.15, -0.1) is 0 Å². The summed E-state index contributed by atoms with van der Waals surface area (Å²) >= 11 is 0. The monoisotopic (exact) mass is 324 g/mol. The Morgan fingerprint density at radius 3 is 2.50 bits per heavy atom. The lowest BCUT2D eigenvalue weighted by Crippen LogP contribution is -2.34. The van der Waals surface area contributed by atoms with E-state index in [0.29, 0.717) is 24.6 Å². The smallest absolute Gasteiger partial charge is 0.251 e. The summed E-state index contributed by atoms with van der Waals surface area (Å²) in [6, 6.07) is 6.40. The van der Waals surface area contributed by atoms with Crippen LogP contribution in [0.15, 0.2) is 29.2 Å². The first kappa shape index (κ1) is 17.0. The van der Waals surface area contributed by atoms with Crippen LogP contribution < -0.4 is 5.32 Å². The number of carbonyl (C=O) groups is 1. The molecule has 1 aliphatic carbocycles. The van der Waals surface area contributed by atoms with Crippen molar-refractivity contribution in [3.63, 3.8) is 0 Å². The Hall–Kier alpha value is -1.40. The van der Waals surface area contributed by atoms with E-state index in [-0.39, 0.29) is 16.8 Å². The summed E-state index contributed by atoms with van der Waals surface area (Å²) in [5, 5.41) is 2.95. The number of amides is 1. The van der Waals surface area contributed by atoms with Crippen LogP contribution in [0.25, 0.3) is 0 Å². The molecule has 1 amide bonds. The van der Waals surface area contributed by atoms with Crippen molar-refractivity contribution < 1.29 is 13.2 Å². The van der Waals surface area contributed by atoms with E-state index in [0.717, 1.165) is 12.8 Å². The van der Waals surface area contributed by atoms with E-state index in [2.05, 4.69) is 5.32 Å². The van der Waals surface area contributed by atoms with Crippen LogP contribution in [0.1, 0.15) is 44.0 Å². The molecule has 0 saturated heterocycles. The molecule has 0 unspecified atom stereocenters. The number of carbonyl (C=O) groups excluding carboxylic acids is 1. The van der Waals surface area contributed by atoms with E-state index in [1.807, 2.05) is 6.92 Å². The second kappa shape index (κ2) is 6.79. The number of benzene rings is 1. The van der Waals surface area contributed by atoms with Gasteiger partial charge in [0.05, 0.1) is 4.90 Å². The number of rotatable bonds is 7. The first-order valence-corrected chi connectivity index (χ1v) is 9.25. The molecular formula is C16H24N2O3S. The quantitative estimate of drug-likeness (QED) is 0.836. The Morgan fingerprint density at radius 2 is 1.95 bits per heavy atom. The minimum atomic E-state index is -3.54. The van der Waals surface area contributed by atoms with Gasteiger partial charge in [-0.2, -0.15) is 4.31 Å². The largest absolute Gasteiger partial charge is 0.349 e. The topological polar surface area (TPSA) is 66.5 Å². The predicted octanol–water partition coefficient (Wildman–Crippen LogP) is 2.25. The minimum absolute atomic E-state index is 0.135. The van der Waals surface area contributed by atoms with Gasteiger partial charge in [0.1, 0.15) is 0 Å².